The molecule has 0 aromatic heterocycles. The molecule has 1 saturated carbocycles. The second-order valence-electron chi connectivity index (χ2n) is 5.06. The van der Waals surface area contributed by atoms with Crippen LogP contribution in [-0.2, 0) is 4.74 Å². The van der Waals surface area contributed by atoms with Gasteiger partial charge in [0.25, 0.3) is 0 Å². The molecule has 2 fully saturated rings. The van der Waals surface area contributed by atoms with Crippen molar-refractivity contribution in [2.45, 2.75) is 31.6 Å². The summed E-state index contributed by atoms with van der Waals surface area (Å²) in [6.45, 7) is 1.99. The molecule has 1 unspecified atom stereocenters. The van der Waals surface area contributed by atoms with Crippen LogP contribution in [0.1, 0.15) is 37.2 Å². The van der Waals surface area contributed by atoms with Gasteiger partial charge in [0.05, 0.1) is 13.2 Å². The van der Waals surface area contributed by atoms with E-state index in [-0.39, 0.29) is 0 Å². The Morgan fingerprint density at radius 3 is 2.53 bits per heavy atom. The van der Waals surface area contributed by atoms with Crippen molar-refractivity contribution in [1.82, 2.24) is 0 Å². The molecule has 1 saturated heterocycles. The molecule has 0 radical (unpaired) electrons. The highest BCUT2D eigenvalue weighted by Gasteiger charge is 2.47. The van der Waals surface area contributed by atoms with Gasteiger partial charge in [0.2, 0.25) is 0 Å². The summed E-state index contributed by atoms with van der Waals surface area (Å²) in [6, 6.07) is 11.0. The summed E-state index contributed by atoms with van der Waals surface area (Å²) in [4.78, 5) is 0. The summed E-state index contributed by atoms with van der Waals surface area (Å²) in [7, 11) is 0. The van der Waals surface area contributed by atoms with Crippen LogP contribution in [-0.4, -0.2) is 13.2 Å². The third kappa shape index (κ3) is 1.50. The molecule has 3 rings (SSSR count). The van der Waals surface area contributed by atoms with Gasteiger partial charge in [-0.05, 0) is 24.3 Å². The van der Waals surface area contributed by atoms with Crippen LogP contribution in [0.2, 0.25) is 0 Å². The highest BCUT2D eigenvalue weighted by molar-refractivity contribution is 5.24. The third-order valence-electron chi connectivity index (χ3n) is 4.14. The molecular formula is C14H18O. The van der Waals surface area contributed by atoms with Gasteiger partial charge in [-0.25, -0.2) is 0 Å². The van der Waals surface area contributed by atoms with Crippen LogP contribution in [0.15, 0.2) is 30.3 Å². The smallest absolute Gasteiger partial charge is 0.0550 e. The number of hydrogen-bond donors (Lipinski definition) is 0. The molecule has 1 atom stereocenters. The Labute approximate surface area is 91.5 Å². The van der Waals surface area contributed by atoms with E-state index < -0.39 is 0 Å². The molecular weight excluding hydrogens is 184 g/mol. The fourth-order valence-corrected chi connectivity index (χ4v) is 3.22. The molecule has 1 aliphatic heterocycles. The monoisotopic (exact) mass is 202 g/mol. The van der Waals surface area contributed by atoms with Crippen LogP contribution in [0.5, 0.6) is 0 Å². The fraction of sp³-hybridized carbons (Fsp3) is 0.571. The molecule has 1 nitrogen and oxygen atoms in total. The maximum Gasteiger partial charge on any atom is 0.0550 e. The minimum Gasteiger partial charge on any atom is -0.380 e. The number of benzene rings is 1. The lowest BCUT2D eigenvalue weighted by Crippen LogP contribution is -2.48. The van der Waals surface area contributed by atoms with Crippen LogP contribution < -0.4 is 0 Å². The lowest BCUT2D eigenvalue weighted by Gasteiger charge is -2.50. The predicted molar refractivity (Wildman–Crippen MR) is 60.9 cm³/mol. The zero-order chi connectivity index (χ0) is 10.1. The first-order valence-electron chi connectivity index (χ1n) is 6.03. The van der Waals surface area contributed by atoms with E-state index >= 15 is 0 Å². The lowest BCUT2D eigenvalue weighted by atomic mass is 9.62. The van der Waals surface area contributed by atoms with E-state index in [0.29, 0.717) is 5.41 Å². The van der Waals surface area contributed by atoms with Crippen molar-refractivity contribution in [2.24, 2.45) is 5.41 Å². The maximum atomic E-state index is 5.47. The number of hydrogen-bond acceptors (Lipinski definition) is 1. The van der Waals surface area contributed by atoms with Crippen molar-refractivity contribution in [3.05, 3.63) is 35.9 Å². The molecule has 1 aliphatic carbocycles. The van der Waals surface area contributed by atoms with Gasteiger partial charge in [0.1, 0.15) is 0 Å². The Balaban J connectivity index is 1.89. The third-order valence-corrected chi connectivity index (χ3v) is 4.14. The molecule has 2 aliphatic rings. The van der Waals surface area contributed by atoms with Crippen LogP contribution >= 0.6 is 0 Å². The summed E-state index contributed by atoms with van der Waals surface area (Å²) in [5.74, 6) is 0.751. The minimum absolute atomic E-state index is 0.500. The normalized spacial score (nSPS) is 28.7. The lowest BCUT2D eigenvalue weighted by molar-refractivity contribution is -0.143. The van der Waals surface area contributed by atoms with E-state index in [4.69, 9.17) is 4.74 Å². The Kier molecular flexibility index (Phi) is 2.28. The van der Waals surface area contributed by atoms with E-state index in [1.54, 1.807) is 0 Å². The summed E-state index contributed by atoms with van der Waals surface area (Å²) in [5, 5.41) is 0. The highest BCUT2D eigenvalue weighted by atomic mass is 16.5. The Bertz CT molecular complexity index is 326. The predicted octanol–water partition coefficient (Wildman–Crippen LogP) is 3.36. The van der Waals surface area contributed by atoms with Crippen LogP contribution in [0.3, 0.4) is 0 Å². The van der Waals surface area contributed by atoms with Crippen molar-refractivity contribution in [1.29, 1.82) is 0 Å². The second-order valence-corrected chi connectivity index (χ2v) is 5.06. The van der Waals surface area contributed by atoms with Crippen molar-refractivity contribution >= 4 is 0 Å². The molecule has 0 amide bonds. The molecule has 1 heteroatoms. The average molecular weight is 202 g/mol. The molecule has 1 aromatic rings. The Hall–Kier alpha value is -0.820. The van der Waals surface area contributed by atoms with Crippen molar-refractivity contribution in [3.63, 3.8) is 0 Å². The molecule has 0 bridgehead atoms. The summed E-state index contributed by atoms with van der Waals surface area (Å²) in [6.07, 6.45) is 5.51. The molecule has 0 N–H and O–H groups in total. The van der Waals surface area contributed by atoms with Crippen molar-refractivity contribution in [3.8, 4) is 0 Å². The molecule has 1 aromatic carbocycles. The van der Waals surface area contributed by atoms with Gasteiger partial charge >= 0.3 is 0 Å². The first-order chi connectivity index (χ1) is 7.41. The molecule has 80 valence electrons. The maximum absolute atomic E-state index is 5.47. The Morgan fingerprint density at radius 2 is 1.87 bits per heavy atom. The summed E-state index contributed by atoms with van der Waals surface area (Å²) < 4.78 is 5.47. The first kappa shape index (κ1) is 9.41. The van der Waals surface area contributed by atoms with Crippen LogP contribution in [0.4, 0.5) is 0 Å². The topological polar surface area (TPSA) is 9.23 Å². The van der Waals surface area contributed by atoms with Gasteiger partial charge in [-0.1, -0.05) is 43.2 Å². The van der Waals surface area contributed by atoms with Gasteiger partial charge in [0, 0.05) is 5.41 Å². The standard InChI is InChI=1S/C14H18O/c1-2-6-12(7-3-1)13-8-4-5-9-14(13)10-15-11-14/h1-3,6-7,13H,4-5,8-11H2. The van der Waals surface area contributed by atoms with Gasteiger partial charge in [-0.2, -0.15) is 0 Å². The van der Waals surface area contributed by atoms with E-state index in [9.17, 15) is 0 Å². The first-order valence-corrected chi connectivity index (χ1v) is 6.03. The van der Waals surface area contributed by atoms with Gasteiger partial charge in [0.15, 0.2) is 0 Å². The van der Waals surface area contributed by atoms with E-state index in [0.717, 1.165) is 19.1 Å². The number of ether oxygens (including phenoxy) is 1. The van der Waals surface area contributed by atoms with Crippen molar-refractivity contribution in [2.75, 3.05) is 13.2 Å². The quantitative estimate of drug-likeness (QED) is 0.678. The zero-order valence-electron chi connectivity index (χ0n) is 9.11. The summed E-state index contributed by atoms with van der Waals surface area (Å²) >= 11 is 0. The van der Waals surface area contributed by atoms with E-state index in [1.807, 2.05) is 0 Å². The van der Waals surface area contributed by atoms with Crippen molar-refractivity contribution < 1.29 is 4.74 Å². The van der Waals surface area contributed by atoms with Gasteiger partial charge < -0.3 is 4.74 Å². The molecule has 1 spiro atoms. The van der Waals surface area contributed by atoms with E-state index in [2.05, 4.69) is 30.3 Å². The van der Waals surface area contributed by atoms with Gasteiger partial charge in [-0.3, -0.25) is 0 Å². The molecule has 1 heterocycles. The fourth-order valence-electron chi connectivity index (χ4n) is 3.22. The zero-order valence-corrected chi connectivity index (χ0v) is 9.11. The second kappa shape index (κ2) is 3.64. The van der Waals surface area contributed by atoms with Gasteiger partial charge in [-0.15, -0.1) is 0 Å². The average Bonchev–Trinajstić information content (AvgIpc) is 2.28. The Morgan fingerprint density at radius 1 is 1.07 bits per heavy atom. The van der Waals surface area contributed by atoms with E-state index in [1.165, 1.54) is 31.2 Å². The van der Waals surface area contributed by atoms with Crippen LogP contribution in [0.25, 0.3) is 0 Å². The minimum atomic E-state index is 0.500. The van der Waals surface area contributed by atoms with Crippen LogP contribution in [0, 0.1) is 5.41 Å². The SMILES string of the molecule is c1ccc(C2CCCCC23COC3)cc1. The largest absolute Gasteiger partial charge is 0.380 e. The number of rotatable bonds is 1. The summed E-state index contributed by atoms with van der Waals surface area (Å²) in [5.41, 5.74) is 2.03. The highest BCUT2D eigenvalue weighted by Crippen LogP contribution is 2.51. The molecule has 15 heavy (non-hydrogen) atoms.